The van der Waals surface area contributed by atoms with Crippen LogP contribution >= 0.6 is 11.3 Å². The number of rotatable bonds is 8. The number of nitrogens with zero attached hydrogens (tertiary/aromatic N) is 5. The summed E-state index contributed by atoms with van der Waals surface area (Å²) in [6.45, 7) is 11.9. The molecule has 0 aliphatic heterocycles. The van der Waals surface area contributed by atoms with Crippen molar-refractivity contribution < 1.29 is 30.0 Å². The van der Waals surface area contributed by atoms with Crippen LogP contribution in [0.1, 0.15) is 64.8 Å². The third kappa shape index (κ3) is 7.69. The Hall–Kier alpha value is -2.61. The van der Waals surface area contributed by atoms with E-state index in [2.05, 4.69) is 37.3 Å². The van der Waals surface area contributed by atoms with E-state index in [4.69, 9.17) is 0 Å². The molecule has 1 radical (unpaired) electrons. The number of aliphatic hydroxyl groups is 1. The van der Waals surface area contributed by atoms with E-state index in [9.17, 15) is 9.90 Å². The summed E-state index contributed by atoms with van der Waals surface area (Å²) in [5.74, 6) is 1.09. The molecule has 3 aromatic heterocycles. The van der Waals surface area contributed by atoms with E-state index in [1.807, 2.05) is 59.7 Å². The van der Waals surface area contributed by atoms with Crippen molar-refractivity contribution in [2.24, 2.45) is 11.8 Å². The van der Waals surface area contributed by atoms with Gasteiger partial charge in [-0.2, -0.15) is 5.10 Å². The van der Waals surface area contributed by atoms with E-state index in [1.54, 1.807) is 11.3 Å². The summed E-state index contributed by atoms with van der Waals surface area (Å²) in [5, 5.41) is 19.1. The number of aromatic nitrogens is 5. The molecular formula is C28H34IrN5O2S-. The van der Waals surface area contributed by atoms with E-state index in [-0.39, 0.29) is 43.5 Å². The van der Waals surface area contributed by atoms with E-state index in [0.29, 0.717) is 17.1 Å². The maximum absolute atomic E-state index is 11.7. The van der Waals surface area contributed by atoms with Crippen molar-refractivity contribution in [3.63, 3.8) is 0 Å². The van der Waals surface area contributed by atoms with Gasteiger partial charge in [-0.05, 0) is 49.1 Å². The number of carbonyl (C=O) groups is 1. The van der Waals surface area contributed by atoms with Gasteiger partial charge in [-0.1, -0.05) is 39.8 Å². The third-order valence-corrected chi connectivity index (χ3v) is 7.42. The minimum atomic E-state index is 0. The second kappa shape index (κ2) is 14.4. The Kier molecular flexibility index (Phi) is 11.9. The van der Waals surface area contributed by atoms with Crippen molar-refractivity contribution in [2.75, 3.05) is 0 Å². The van der Waals surface area contributed by atoms with Crippen LogP contribution in [0.15, 0.2) is 36.1 Å². The Morgan fingerprint density at radius 1 is 0.919 bits per heavy atom. The van der Waals surface area contributed by atoms with Crippen LogP contribution in [-0.4, -0.2) is 36.0 Å². The Bertz CT molecular complexity index is 1330. The van der Waals surface area contributed by atoms with Crippen LogP contribution in [0.3, 0.4) is 0 Å². The number of ketones is 1. The van der Waals surface area contributed by atoms with Gasteiger partial charge in [-0.25, -0.2) is 21.3 Å². The van der Waals surface area contributed by atoms with Crippen molar-refractivity contribution in [3.05, 3.63) is 53.6 Å². The van der Waals surface area contributed by atoms with E-state index < -0.39 is 0 Å². The molecule has 0 saturated carbocycles. The molecule has 0 spiro atoms. The fraction of sp³-hybridized carbons (Fsp3) is 0.429. The van der Waals surface area contributed by atoms with Gasteiger partial charge in [0, 0.05) is 38.0 Å². The predicted molar refractivity (Wildman–Crippen MR) is 146 cm³/mol. The summed E-state index contributed by atoms with van der Waals surface area (Å²) in [6, 6.07) is 11.4. The van der Waals surface area contributed by atoms with Gasteiger partial charge >= 0.3 is 0 Å². The Balaban J connectivity index is 0.000000271. The predicted octanol–water partition coefficient (Wildman–Crippen LogP) is 6.98. The molecule has 4 rings (SSSR count). The fourth-order valence-electron chi connectivity index (χ4n) is 3.83. The summed E-state index contributed by atoms with van der Waals surface area (Å²) in [4.78, 5) is 25.8. The van der Waals surface area contributed by atoms with Gasteiger partial charge < -0.3 is 5.11 Å². The van der Waals surface area contributed by atoms with Crippen LogP contribution in [0, 0.1) is 31.7 Å². The molecule has 1 N–H and O–H groups in total. The van der Waals surface area contributed by atoms with E-state index >= 15 is 0 Å². The maximum atomic E-state index is 11.7. The first-order valence-corrected chi connectivity index (χ1v) is 13.3. The Morgan fingerprint density at radius 3 is 2.11 bits per heavy atom. The Labute approximate surface area is 236 Å². The molecule has 9 heteroatoms. The minimum Gasteiger partial charge on any atom is -0.512 e. The minimum absolute atomic E-state index is 0. The molecule has 0 amide bonds. The zero-order chi connectivity index (χ0) is 26.2. The first kappa shape index (κ1) is 30.6. The molecule has 0 unspecified atom stereocenters. The number of hydrogen-bond acceptors (Lipinski definition) is 8. The summed E-state index contributed by atoms with van der Waals surface area (Å²) in [6.07, 6.45) is 4.91. The molecule has 0 aliphatic carbocycles. The van der Waals surface area contributed by atoms with Gasteiger partial charge in [0.25, 0.3) is 0 Å². The fourth-order valence-corrected chi connectivity index (χ4v) is 4.77. The molecule has 199 valence electrons. The standard InChI is InChI=1S/C15H10N5S.C13H24O2.Ir/c1-8-9(2)17-15-14(16-8)18-13(19-20-15)12-7-10-5-3-4-6-11(10)21-12;1-5-10(6-2)12(14)9-13(15)11(7-3)8-4;/h3-6H,1-2H3;9-11,14H,5-8H2,1-4H3;/q-1;;/b;12-9-;. The molecule has 4 aromatic rings. The first-order valence-electron chi connectivity index (χ1n) is 12.5. The average Bonchev–Trinajstić information content (AvgIpc) is 3.31. The zero-order valence-corrected chi connectivity index (χ0v) is 25.4. The van der Waals surface area contributed by atoms with Gasteiger partial charge in [0.05, 0.1) is 17.1 Å². The number of allylic oxidation sites excluding steroid dienone is 2. The van der Waals surface area contributed by atoms with Crippen molar-refractivity contribution >= 4 is 38.5 Å². The molecule has 37 heavy (non-hydrogen) atoms. The van der Waals surface area contributed by atoms with Gasteiger partial charge in [-0.3, -0.25) is 9.78 Å². The number of thiophene rings is 1. The van der Waals surface area contributed by atoms with Crippen LogP contribution in [0.5, 0.6) is 0 Å². The smallest absolute Gasteiger partial charge is 0.218 e. The van der Waals surface area contributed by atoms with Gasteiger partial charge in [0.15, 0.2) is 11.4 Å². The third-order valence-electron chi connectivity index (χ3n) is 6.35. The number of aryl methyl sites for hydroxylation is 2. The van der Waals surface area contributed by atoms with Crippen LogP contribution in [0.4, 0.5) is 0 Å². The molecule has 0 fully saturated rings. The monoisotopic (exact) mass is 697 g/mol. The Morgan fingerprint density at radius 2 is 1.51 bits per heavy atom. The molecule has 0 bridgehead atoms. The summed E-state index contributed by atoms with van der Waals surface area (Å²) < 4.78 is 1.15. The summed E-state index contributed by atoms with van der Waals surface area (Å²) in [7, 11) is 0. The molecule has 3 heterocycles. The van der Waals surface area contributed by atoms with Crippen LogP contribution in [-0.2, 0) is 24.9 Å². The van der Waals surface area contributed by atoms with Crippen LogP contribution in [0.25, 0.3) is 32.1 Å². The van der Waals surface area contributed by atoms with E-state index in [1.165, 1.54) is 6.08 Å². The number of hydrogen-bond donors (Lipinski definition) is 1. The van der Waals surface area contributed by atoms with Crippen LogP contribution in [0.2, 0.25) is 0 Å². The number of aliphatic hydroxyl groups excluding tert-OH is 1. The second-order valence-corrected chi connectivity index (χ2v) is 9.78. The molecule has 0 aliphatic rings. The molecule has 0 atom stereocenters. The van der Waals surface area contributed by atoms with Crippen molar-refractivity contribution in [1.29, 1.82) is 0 Å². The summed E-state index contributed by atoms with van der Waals surface area (Å²) in [5.41, 5.74) is 2.70. The quantitative estimate of drug-likeness (QED) is 0.121. The maximum Gasteiger partial charge on any atom is 0.218 e. The normalized spacial score (nSPS) is 11.5. The molecular weight excluding hydrogens is 663 g/mol. The largest absolute Gasteiger partial charge is 0.512 e. The molecule has 7 nitrogen and oxygen atoms in total. The molecule has 1 aromatic carbocycles. The molecule has 0 saturated heterocycles. The zero-order valence-electron chi connectivity index (χ0n) is 22.2. The summed E-state index contributed by atoms with van der Waals surface area (Å²) >= 11 is 1.60. The SMILES string of the molecule is CCC(CC)C(=O)/C=C(\O)C(CC)CC.Cc1nc2nnc(-c3[c-]c4ccccc4s3)nc2nc1C.[Ir]. The van der Waals surface area contributed by atoms with Crippen molar-refractivity contribution in [3.8, 4) is 10.7 Å². The van der Waals surface area contributed by atoms with Crippen molar-refractivity contribution in [2.45, 2.75) is 67.2 Å². The van der Waals surface area contributed by atoms with Crippen LogP contribution < -0.4 is 0 Å². The second-order valence-electron chi connectivity index (χ2n) is 8.73. The first-order chi connectivity index (χ1) is 17.3. The van der Waals surface area contributed by atoms with Gasteiger partial charge in [-0.15, -0.1) is 28.7 Å². The van der Waals surface area contributed by atoms with Crippen molar-refractivity contribution in [1.82, 2.24) is 25.1 Å². The van der Waals surface area contributed by atoms with E-state index in [0.717, 1.165) is 52.0 Å². The number of carbonyl (C=O) groups excluding carboxylic acids is 1. The number of benzene rings is 1. The van der Waals surface area contributed by atoms with Gasteiger partial charge in [0.2, 0.25) is 5.65 Å². The van der Waals surface area contributed by atoms with Gasteiger partial charge in [0.1, 0.15) is 5.82 Å². The average molecular weight is 697 g/mol. The topological polar surface area (TPSA) is 102 Å². The number of fused-ring (bicyclic) bond motifs is 2.